The molecule has 1 aromatic heterocycles. The number of nitrogens with zero attached hydrogens (tertiary/aromatic N) is 3. The first-order valence-electron chi connectivity index (χ1n) is 10.1. The largest absolute Gasteiger partial charge is 0.378 e. The third-order valence-electron chi connectivity index (χ3n) is 5.14. The lowest BCUT2D eigenvalue weighted by atomic mass is 10.1. The molecule has 1 amide bonds. The Morgan fingerprint density at radius 1 is 1.12 bits per heavy atom. The van der Waals surface area contributed by atoms with E-state index in [0.29, 0.717) is 37.1 Å². The maximum Gasteiger partial charge on any atom is 0.259 e. The van der Waals surface area contributed by atoms with Crippen molar-refractivity contribution >= 4 is 38.1 Å². The summed E-state index contributed by atoms with van der Waals surface area (Å²) in [5, 5.41) is 5.16. The average Bonchev–Trinajstić information content (AvgIpc) is 3.28. The molecule has 3 aromatic rings. The summed E-state index contributed by atoms with van der Waals surface area (Å²) in [6.45, 7) is 2.34. The highest BCUT2D eigenvalue weighted by Crippen LogP contribution is 2.29. The molecule has 0 radical (unpaired) electrons. The predicted molar refractivity (Wildman–Crippen MR) is 126 cm³/mol. The zero-order valence-electron chi connectivity index (χ0n) is 17.8. The summed E-state index contributed by atoms with van der Waals surface area (Å²) in [6.07, 6.45) is 0. The zero-order chi connectivity index (χ0) is 22.7. The van der Waals surface area contributed by atoms with Crippen LogP contribution in [0.3, 0.4) is 0 Å². The number of ether oxygens (including phenoxy) is 1. The number of hydrogen-bond acceptors (Lipinski definition) is 7. The molecule has 8 nitrogen and oxygen atoms in total. The second-order valence-corrected chi connectivity index (χ2v) is 10.4. The molecule has 32 heavy (non-hydrogen) atoms. The van der Waals surface area contributed by atoms with Crippen LogP contribution in [0.1, 0.15) is 10.4 Å². The van der Waals surface area contributed by atoms with Gasteiger partial charge in [0, 0.05) is 43.8 Å². The summed E-state index contributed by atoms with van der Waals surface area (Å²) >= 11 is 1.32. The van der Waals surface area contributed by atoms with Crippen LogP contribution in [0.25, 0.3) is 11.3 Å². The standard InChI is InChI=1S/C22H24N4O4S2/c1-25(2)32(28,29)17-8-9-20(26-10-12-30-13-11-26)18(14-17)21(27)24-22-23-19(15-31-22)16-6-4-3-5-7-16/h3-9,14-15H,10-13H2,1-2H3,(H,23,24,27). The molecule has 1 aliphatic heterocycles. The van der Waals surface area contributed by atoms with Crippen LogP contribution in [0.5, 0.6) is 0 Å². The van der Waals surface area contributed by atoms with E-state index in [2.05, 4.69) is 10.3 Å². The summed E-state index contributed by atoms with van der Waals surface area (Å²) in [4.78, 5) is 19.9. The second kappa shape index (κ2) is 9.37. The molecular formula is C22H24N4O4S2. The number of morpholine rings is 1. The Kier molecular flexibility index (Phi) is 6.56. The molecule has 4 rings (SSSR count). The van der Waals surface area contributed by atoms with Crippen molar-refractivity contribution in [2.45, 2.75) is 4.90 Å². The van der Waals surface area contributed by atoms with Crippen molar-refractivity contribution in [3.8, 4) is 11.3 Å². The van der Waals surface area contributed by atoms with Crippen LogP contribution in [-0.4, -0.2) is 64.0 Å². The number of rotatable bonds is 6. The highest BCUT2D eigenvalue weighted by atomic mass is 32.2. The van der Waals surface area contributed by atoms with Gasteiger partial charge in [0.05, 0.1) is 29.4 Å². The Morgan fingerprint density at radius 2 is 1.84 bits per heavy atom. The molecule has 0 unspecified atom stereocenters. The second-order valence-electron chi connectivity index (χ2n) is 7.42. The van der Waals surface area contributed by atoms with Crippen molar-refractivity contribution < 1.29 is 17.9 Å². The van der Waals surface area contributed by atoms with Gasteiger partial charge in [0.2, 0.25) is 10.0 Å². The summed E-state index contributed by atoms with van der Waals surface area (Å²) in [5.74, 6) is -0.406. The molecule has 0 aliphatic carbocycles. The van der Waals surface area contributed by atoms with Crippen LogP contribution in [0.4, 0.5) is 10.8 Å². The molecule has 10 heteroatoms. The molecular weight excluding hydrogens is 448 g/mol. The van der Waals surface area contributed by atoms with E-state index in [0.717, 1.165) is 15.6 Å². The summed E-state index contributed by atoms with van der Waals surface area (Å²) in [7, 11) is -0.760. The van der Waals surface area contributed by atoms with Crippen LogP contribution in [0.2, 0.25) is 0 Å². The minimum atomic E-state index is -3.69. The number of benzene rings is 2. The number of carbonyl (C=O) groups is 1. The summed E-state index contributed by atoms with van der Waals surface area (Å²) in [6, 6.07) is 14.3. The fraction of sp³-hybridized carbons (Fsp3) is 0.273. The maximum atomic E-state index is 13.3. The Labute approximate surface area is 191 Å². The van der Waals surface area contributed by atoms with Crippen molar-refractivity contribution in [3.05, 3.63) is 59.5 Å². The van der Waals surface area contributed by atoms with E-state index in [1.165, 1.54) is 37.6 Å². The number of carbonyl (C=O) groups excluding carboxylic acids is 1. The van der Waals surface area contributed by atoms with Crippen LogP contribution in [0, 0.1) is 0 Å². The first-order valence-corrected chi connectivity index (χ1v) is 12.4. The van der Waals surface area contributed by atoms with E-state index in [9.17, 15) is 13.2 Å². The third-order valence-corrected chi connectivity index (χ3v) is 7.71. The number of sulfonamides is 1. The monoisotopic (exact) mass is 472 g/mol. The van der Waals surface area contributed by atoms with Gasteiger partial charge in [-0.25, -0.2) is 17.7 Å². The minimum absolute atomic E-state index is 0.0637. The van der Waals surface area contributed by atoms with Crippen molar-refractivity contribution in [2.75, 3.05) is 50.6 Å². The van der Waals surface area contributed by atoms with E-state index < -0.39 is 15.9 Å². The third kappa shape index (κ3) is 4.68. The number of thiazole rings is 1. The maximum absolute atomic E-state index is 13.3. The topological polar surface area (TPSA) is 91.8 Å². The van der Waals surface area contributed by atoms with Crippen LogP contribution in [0.15, 0.2) is 58.8 Å². The average molecular weight is 473 g/mol. The molecule has 1 aliphatic rings. The number of hydrogen-bond donors (Lipinski definition) is 1. The number of anilines is 2. The van der Waals surface area contributed by atoms with Crippen LogP contribution >= 0.6 is 11.3 Å². The van der Waals surface area contributed by atoms with Gasteiger partial charge in [-0.1, -0.05) is 30.3 Å². The van der Waals surface area contributed by atoms with Gasteiger partial charge in [-0.05, 0) is 18.2 Å². The van der Waals surface area contributed by atoms with Crippen LogP contribution in [-0.2, 0) is 14.8 Å². The normalized spacial score (nSPS) is 14.5. The highest BCUT2D eigenvalue weighted by molar-refractivity contribution is 7.89. The molecule has 2 heterocycles. The first kappa shape index (κ1) is 22.4. The predicted octanol–water partition coefficient (Wildman–Crippen LogP) is 3.15. The Hall–Kier alpha value is -2.79. The Bertz CT molecular complexity index is 1200. The van der Waals surface area contributed by atoms with Crippen molar-refractivity contribution in [1.82, 2.24) is 9.29 Å². The van der Waals surface area contributed by atoms with E-state index in [1.54, 1.807) is 6.07 Å². The summed E-state index contributed by atoms with van der Waals surface area (Å²) < 4.78 is 31.9. The van der Waals surface area contributed by atoms with E-state index in [1.807, 2.05) is 40.6 Å². The quantitative estimate of drug-likeness (QED) is 0.593. The van der Waals surface area contributed by atoms with Crippen molar-refractivity contribution in [1.29, 1.82) is 0 Å². The lowest BCUT2D eigenvalue weighted by molar-refractivity contribution is 0.102. The number of aromatic nitrogens is 1. The highest BCUT2D eigenvalue weighted by Gasteiger charge is 2.24. The van der Waals surface area contributed by atoms with Gasteiger partial charge in [0.1, 0.15) is 0 Å². The molecule has 0 atom stereocenters. The number of nitrogens with one attached hydrogen (secondary N) is 1. The Balaban J connectivity index is 1.66. The van der Waals surface area contributed by atoms with Gasteiger partial charge in [0.25, 0.3) is 5.91 Å². The fourth-order valence-corrected chi connectivity index (χ4v) is 5.03. The van der Waals surface area contributed by atoms with Gasteiger partial charge in [-0.3, -0.25) is 10.1 Å². The number of amides is 1. The molecule has 1 N–H and O–H groups in total. The smallest absolute Gasteiger partial charge is 0.259 e. The molecule has 0 spiro atoms. The van der Waals surface area contributed by atoms with Gasteiger partial charge in [-0.2, -0.15) is 0 Å². The minimum Gasteiger partial charge on any atom is -0.378 e. The van der Waals surface area contributed by atoms with Crippen LogP contribution < -0.4 is 10.2 Å². The molecule has 168 valence electrons. The first-order chi connectivity index (χ1) is 15.4. The molecule has 2 aromatic carbocycles. The lowest BCUT2D eigenvalue weighted by Gasteiger charge is -2.30. The van der Waals surface area contributed by atoms with Gasteiger partial charge >= 0.3 is 0 Å². The van der Waals surface area contributed by atoms with Gasteiger partial charge < -0.3 is 9.64 Å². The van der Waals surface area contributed by atoms with E-state index in [-0.39, 0.29) is 10.5 Å². The van der Waals surface area contributed by atoms with Crippen molar-refractivity contribution in [3.63, 3.8) is 0 Å². The fourth-order valence-electron chi connectivity index (χ4n) is 3.39. The lowest BCUT2D eigenvalue weighted by Crippen LogP contribution is -2.37. The Morgan fingerprint density at radius 3 is 2.53 bits per heavy atom. The summed E-state index contributed by atoms with van der Waals surface area (Å²) in [5.41, 5.74) is 2.68. The van der Waals surface area contributed by atoms with Gasteiger partial charge in [-0.15, -0.1) is 11.3 Å². The SMILES string of the molecule is CN(C)S(=O)(=O)c1ccc(N2CCOCC2)c(C(=O)Nc2nc(-c3ccccc3)cs2)c1. The molecule has 1 fully saturated rings. The zero-order valence-corrected chi connectivity index (χ0v) is 19.4. The van der Waals surface area contributed by atoms with Crippen molar-refractivity contribution in [2.24, 2.45) is 0 Å². The van der Waals surface area contributed by atoms with E-state index in [4.69, 9.17) is 4.74 Å². The molecule has 0 bridgehead atoms. The molecule has 0 saturated carbocycles. The van der Waals surface area contributed by atoms with Gasteiger partial charge in [0.15, 0.2) is 5.13 Å². The van der Waals surface area contributed by atoms with E-state index >= 15 is 0 Å². The molecule has 1 saturated heterocycles.